The van der Waals surface area contributed by atoms with E-state index >= 15 is 0 Å². The molecule has 1 aromatic heterocycles. The van der Waals surface area contributed by atoms with Gasteiger partial charge in [0.25, 0.3) is 0 Å². The molecule has 0 unspecified atom stereocenters. The number of phenolic OH excluding ortho intramolecular Hbond substituents is 1. The van der Waals surface area contributed by atoms with Crippen LogP contribution < -0.4 is 5.32 Å². The molecule has 3 aromatic carbocycles. The summed E-state index contributed by atoms with van der Waals surface area (Å²) in [5.41, 5.74) is 2.33. The number of hydrogen-bond acceptors (Lipinski definition) is 4. The first-order chi connectivity index (χ1) is 12.2. The minimum absolute atomic E-state index is 0.190. The van der Waals surface area contributed by atoms with Crippen molar-refractivity contribution in [1.82, 2.24) is 9.97 Å². The van der Waals surface area contributed by atoms with E-state index in [1.54, 1.807) is 18.2 Å². The van der Waals surface area contributed by atoms with Crippen LogP contribution >= 0.6 is 11.6 Å². The number of rotatable bonds is 3. The summed E-state index contributed by atoms with van der Waals surface area (Å²) in [6, 6.07) is 22.2. The second kappa shape index (κ2) is 6.42. The number of anilines is 2. The summed E-state index contributed by atoms with van der Waals surface area (Å²) in [6.45, 7) is 0. The van der Waals surface area contributed by atoms with Gasteiger partial charge in [-0.05, 0) is 36.4 Å². The third-order valence-electron chi connectivity index (χ3n) is 3.83. The van der Waals surface area contributed by atoms with E-state index in [4.69, 9.17) is 11.6 Å². The van der Waals surface area contributed by atoms with Gasteiger partial charge in [-0.1, -0.05) is 41.9 Å². The Bertz CT molecular complexity index is 1070. The number of fused-ring (bicyclic) bond motifs is 1. The highest BCUT2D eigenvalue weighted by Crippen LogP contribution is 2.30. The third-order valence-corrected chi connectivity index (χ3v) is 4.16. The average molecular weight is 348 g/mol. The van der Waals surface area contributed by atoms with Crippen LogP contribution in [0, 0.1) is 0 Å². The third kappa shape index (κ3) is 3.12. The van der Waals surface area contributed by atoms with Gasteiger partial charge in [0.1, 0.15) is 11.6 Å². The van der Waals surface area contributed by atoms with Crippen molar-refractivity contribution in [2.45, 2.75) is 0 Å². The summed E-state index contributed by atoms with van der Waals surface area (Å²) in [5, 5.41) is 14.4. The summed E-state index contributed by atoms with van der Waals surface area (Å²) >= 11 is 6.31. The summed E-state index contributed by atoms with van der Waals surface area (Å²) in [7, 11) is 0. The lowest BCUT2D eigenvalue weighted by Crippen LogP contribution is -1.99. The van der Waals surface area contributed by atoms with Crippen molar-refractivity contribution >= 4 is 34.0 Å². The molecule has 0 aliphatic carbocycles. The second-order valence-electron chi connectivity index (χ2n) is 5.57. The molecule has 0 amide bonds. The Kier molecular flexibility index (Phi) is 3.96. The first kappa shape index (κ1) is 15.4. The fraction of sp³-hybridized carbons (Fsp3) is 0. The number of aromatic nitrogens is 2. The van der Waals surface area contributed by atoms with Crippen LogP contribution in [0.3, 0.4) is 0 Å². The van der Waals surface area contributed by atoms with Gasteiger partial charge >= 0.3 is 0 Å². The Morgan fingerprint density at radius 2 is 1.64 bits per heavy atom. The Hall–Kier alpha value is -3.11. The number of nitrogens with zero attached hydrogens (tertiary/aromatic N) is 2. The normalized spacial score (nSPS) is 10.8. The van der Waals surface area contributed by atoms with Crippen LogP contribution in [0.5, 0.6) is 5.75 Å². The van der Waals surface area contributed by atoms with Crippen molar-refractivity contribution in [2.24, 2.45) is 0 Å². The second-order valence-corrected chi connectivity index (χ2v) is 5.98. The molecule has 0 aliphatic rings. The molecule has 5 heteroatoms. The maximum atomic E-state index is 9.68. The molecule has 0 atom stereocenters. The maximum Gasteiger partial charge on any atom is 0.163 e. The van der Waals surface area contributed by atoms with E-state index in [1.165, 1.54) is 0 Å². The van der Waals surface area contributed by atoms with Crippen LogP contribution in [-0.4, -0.2) is 15.1 Å². The lowest BCUT2D eigenvalue weighted by atomic mass is 10.1. The first-order valence-electron chi connectivity index (χ1n) is 7.78. The van der Waals surface area contributed by atoms with Crippen LogP contribution in [0.4, 0.5) is 11.5 Å². The van der Waals surface area contributed by atoms with Crippen LogP contribution in [0.25, 0.3) is 22.3 Å². The number of aromatic hydroxyl groups is 1. The van der Waals surface area contributed by atoms with E-state index in [9.17, 15) is 5.11 Å². The number of hydrogen-bond donors (Lipinski definition) is 2. The van der Waals surface area contributed by atoms with Crippen molar-refractivity contribution in [1.29, 1.82) is 0 Å². The van der Waals surface area contributed by atoms with E-state index in [1.807, 2.05) is 54.6 Å². The molecule has 0 radical (unpaired) electrons. The van der Waals surface area contributed by atoms with Crippen molar-refractivity contribution in [3.8, 4) is 17.1 Å². The van der Waals surface area contributed by atoms with E-state index in [0.717, 1.165) is 22.2 Å². The zero-order valence-electron chi connectivity index (χ0n) is 13.1. The summed E-state index contributed by atoms with van der Waals surface area (Å²) in [6.07, 6.45) is 0. The SMILES string of the molecule is Oc1cccc(Nc2nc(-c3ccccc3Cl)nc3ccccc23)c1. The average Bonchev–Trinajstić information content (AvgIpc) is 2.62. The van der Waals surface area contributed by atoms with Crippen LogP contribution in [0.2, 0.25) is 5.02 Å². The summed E-state index contributed by atoms with van der Waals surface area (Å²) in [5.74, 6) is 1.40. The van der Waals surface area contributed by atoms with E-state index in [0.29, 0.717) is 16.7 Å². The van der Waals surface area contributed by atoms with Gasteiger partial charge in [0.15, 0.2) is 5.82 Å². The molecule has 0 spiro atoms. The minimum Gasteiger partial charge on any atom is -0.508 e. The molecule has 4 nitrogen and oxygen atoms in total. The standard InChI is InChI=1S/C20H14ClN3O/c21-17-10-3-1-8-15(17)19-23-18-11-4-2-9-16(18)20(24-19)22-13-6-5-7-14(25)12-13/h1-12,25H,(H,22,23,24). The summed E-state index contributed by atoms with van der Waals surface area (Å²) < 4.78 is 0. The largest absolute Gasteiger partial charge is 0.508 e. The van der Waals surface area contributed by atoms with Crippen LogP contribution in [-0.2, 0) is 0 Å². The smallest absolute Gasteiger partial charge is 0.163 e. The van der Waals surface area contributed by atoms with Gasteiger partial charge in [-0.2, -0.15) is 0 Å². The van der Waals surface area contributed by atoms with Gasteiger partial charge in [0.2, 0.25) is 0 Å². The lowest BCUT2D eigenvalue weighted by Gasteiger charge is -2.12. The molecule has 25 heavy (non-hydrogen) atoms. The van der Waals surface area contributed by atoms with Gasteiger partial charge in [0, 0.05) is 22.7 Å². The molecule has 0 aliphatic heterocycles. The van der Waals surface area contributed by atoms with E-state index < -0.39 is 0 Å². The van der Waals surface area contributed by atoms with Crippen molar-refractivity contribution in [3.05, 3.63) is 77.8 Å². The monoisotopic (exact) mass is 347 g/mol. The number of benzene rings is 3. The van der Waals surface area contributed by atoms with E-state index in [2.05, 4.69) is 15.3 Å². The van der Waals surface area contributed by atoms with E-state index in [-0.39, 0.29) is 5.75 Å². The molecular formula is C20H14ClN3O. The molecule has 122 valence electrons. The predicted octanol–water partition coefficient (Wildman–Crippen LogP) is 5.40. The molecule has 2 N–H and O–H groups in total. The van der Waals surface area contributed by atoms with Gasteiger partial charge in [-0.3, -0.25) is 0 Å². The zero-order valence-corrected chi connectivity index (χ0v) is 13.9. The molecular weight excluding hydrogens is 334 g/mol. The highest BCUT2D eigenvalue weighted by atomic mass is 35.5. The highest BCUT2D eigenvalue weighted by Gasteiger charge is 2.12. The number of phenols is 1. The fourth-order valence-electron chi connectivity index (χ4n) is 2.66. The lowest BCUT2D eigenvalue weighted by molar-refractivity contribution is 0.475. The Labute approximate surface area is 149 Å². The number of nitrogens with one attached hydrogen (secondary N) is 1. The Balaban J connectivity index is 1.89. The molecule has 1 heterocycles. The van der Waals surface area contributed by atoms with Gasteiger partial charge in [-0.25, -0.2) is 9.97 Å². The van der Waals surface area contributed by atoms with Crippen LogP contribution in [0.1, 0.15) is 0 Å². The van der Waals surface area contributed by atoms with Crippen molar-refractivity contribution in [3.63, 3.8) is 0 Å². The van der Waals surface area contributed by atoms with Gasteiger partial charge < -0.3 is 10.4 Å². The molecule has 0 saturated heterocycles. The quantitative estimate of drug-likeness (QED) is 0.521. The molecule has 4 aromatic rings. The predicted molar refractivity (Wildman–Crippen MR) is 101 cm³/mol. The topological polar surface area (TPSA) is 58.0 Å². The van der Waals surface area contributed by atoms with Gasteiger partial charge in [0.05, 0.1) is 10.5 Å². The van der Waals surface area contributed by atoms with Crippen molar-refractivity contribution in [2.75, 3.05) is 5.32 Å². The fourth-order valence-corrected chi connectivity index (χ4v) is 2.88. The summed E-state index contributed by atoms with van der Waals surface area (Å²) in [4.78, 5) is 9.31. The zero-order chi connectivity index (χ0) is 17.2. The maximum absolute atomic E-state index is 9.68. The minimum atomic E-state index is 0.190. The molecule has 0 saturated carbocycles. The van der Waals surface area contributed by atoms with Crippen molar-refractivity contribution < 1.29 is 5.11 Å². The first-order valence-corrected chi connectivity index (χ1v) is 8.16. The Morgan fingerprint density at radius 1 is 0.840 bits per heavy atom. The molecule has 4 rings (SSSR count). The van der Waals surface area contributed by atoms with Gasteiger partial charge in [-0.15, -0.1) is 0 Å². The number of halogens is 1. The molecule has 0 bridgehead atoms. The highest BCUT2D eigenvalue weighted by molar-refractivity contribution is 6.33. The molecule has 0 fully saturated rings. The number of para-hydroxylation sites is 1. The van der Waals surface area contributed by atoms with Crippen LogP contribution in [0.15, 0.2) is 72.8 Å². The Morgan fingerprint density at radius 3 is 2.48 bits per heavy atom.